The highest BCUT2D eigenvalue weighted by Crippen LogP contribution is 2.39. The standard InChI is InChI=1S/C14H21NO4/c1-9-4-3-5-14(8-9,13(18)19)15-11(16)6-10(2)7-12(15)17/h9-10H,3-8H2,1-2H3,(H,18,19). The highest BCUT2D eigenvalue weighted by atomic mass is 16.4. The third-order valence-electron chi connectivity index (χ3n) is 4.34. The van der Waals surface area contributed by atoms with Crippen LogP contribution in [0, 0.1) is 11.8 Å². The van der Waals surface area contributed by atoms with Gasteiger partial charge >= 0.3 is 5.97 Å². The van der Waals surface area contributed by atoms with Gasteiger partial charge in [0.2, 0.25) is 11.8 Å². The van der Waals surface area contributed by atoms with Crippen LogP contribution in [0.2, 0.25) is 0 Å². The molecule has 2 atom stereocenters. The quantitative estimate of drug-likeness (QED) is 0.774. The second kappa shape index (κ2) is 4.94. The zero-order valence-electron chi connectivity index (χ0n) is 11.5. The van der Waals surface area contributed by atoms with Gasteiger partial charge in [-0.05, 0) is 24.7 Å². The Bertz CT molecular complexity index is 402. The van der Waals surface area contributed by atoms with Gasteiger partial charge in [-0.25, -0.2) is 4.79 Å². The minimum absolute atomic E-state index is 0.0168. The van der Waals surface area contributed by atoms with E-state index < -0.39 is 11.5 Å². The highest BCUT2D eigenvalue weighted by Gasteiger charge is 2.52. The van der Waals surface area contributed by atoms with Gasteiger partial charge in [0.25, 0.3) is 0 Å². The summed E-state index contributed by atoms with van der Waals surface area (Å²) in [6.07, 6.45) is 3.03. The maximum atomic E-state index is 12.2. The summed E-state index contributed by atoms with van der Waals surface area (Å²) >= 11 is 0. The maximum absolute atomic E-state index is 12.2. The van der Waals surface area contributed by atoms with Crippen molar-refractivity contribution in [3.05, 3.63) is 0 Å². The van der Waals surface area contributed by atoms with E-state index >= 15 is 0 Å². The van der Waals surface area contributed by atoms with Crippen LogP contribution in [0.25, 0.3) is 0 Å². The normalized spacial score (nSPS) is 33.6. The van der Waals surface area contributed by atoms with Crippen molar-refractivity contribution >= 4 is 17.8 Å². The van der Waals surface area contributed by atoms with Crippen molar-refractivity contribution in [3.8, 4) is 0 Å². The van der Waals surface area contributed by atoms with Gasteiger partial charge in [-0.1, -0.05) is 26.7 Å². The molecular weight excluding hydrogens is 246 g/mol. The number of hydrogen-bond donors (Lipinski definition) is 1. The van der Waals surface area contributed by atoms with E-state index in [2.05, 4.69) is 0 Å². The molecule has 2 amide bonds. The van der Waals surface area contributed by atoms with Crippen molar-refractivity contribution in [2.24, 2.45) is 11.8 Å². The molecule has 0 bridgehead atoms. The van der Waals surface area contributed by atoms with E-state index in [1.165, 1.54) is 0 Å². The minimum atomic E-state index is -1.30. The van der Waals surface area contributed by atoms with Gasteiger partial charge in [-0.15, -0.1) is 0 Å². The number of rotatable bonds is 2. The van der Waals surface area contributed by atoms with Gasteiger partial charge in [0.1, 0.15) is 5.54 Å². The molecule has 0 aromatic rings. The number of amides is 2. The summed E-state index contributed by atoms with van der Waals surface area (Å²) in [7, 11) is 0. The predicted octanol–water partition coefficient (Wildman–Crippen LogP) is 1.80. The fraction of sp³-hybridized carbons (Fsp3) is 0.786. The molecule has 2 unspecified atom stereocenters. The average molecular weight is 267 g/mol. The molecule has 1 heterocycles. The lowest BCUT2D eigenvalue weighted by atomic mass is 9.74. The molecule has 2 fully saturated rings. The van der Waals surface area contributed by atoms with E-state index in [0.717, 1.165) is 17.7 Å². The molecule has 0 spiro atoms. The van der Waals surface area contributed by atoms with E-state index in [1.54, 1.807) is 0 Å². The largest absolute Gasteiger partial charge is 0.479 e. The molecule has 1 N–H and O–H groups in total. The summed E-state index contributed by atoms with van der Waals surface area (Å²) in [5.41, 5.74) is -1.30. The smallest absolute Gasteiger partial charge is 0.330 e. The predicted molar refractivity (Wildman–Crippen MR) is 68.2 cm³/mol. The van der Waals surface area contributed by atoms with Crippen LogP contribution in [0.15, 0.2) is 0 Å². The van der Waals surface area contributed by atoms with Gasteiger partial charge in [0.15, 0.2) is 0 Å². The first-order valence-electron chi connectivity index (χ1n) is 6.96. The van der Waals surface area contributed by atoms with Gasteiger partial charge < -0.3 is 5.11 Å². The number of nitrogens with zero attached hydrogens (tertiary/aromatic N) is 1. The van der Waals surface area contributed by atoms with Gasteiger partial charge in [-0.2, -0.15) is 0 Å². The fourth-order valence-corrected chi connectivity index (χ4v) is 3.48. The molecule has 0 aromatic carbocycles. The van der Waals surface area contributed by atoms with Gasteiger partial charge in [-0.3, -0.25) is 14.5 Å². The fourth-order valence-electron chi connectivity index (χ4n) is 3.48. The molecule has 5 heteroatoms. The third-order valence-corrected chi connectivity index (χ3v) is 4.34. The second-order valence-corrected chi connectivity index (χ2v) is 6.17. The van der Waals surface area contributed by atoms with Crippen molar-refractivity contribution in [2.45, 2.75) is 57.9 Å². The van der Waals surface area contributed by atoms with Crippen LogP contribution in [0.5, 0.6) is 0 Å². The number of carbonyl (C=O) groups excluding carboxylic acids is 2. The first kappa shape index (κ1) is 14.0. The van der Waals surface area contributed by atoms with E-state index in [4.69, 9.17) is 0 Å². The van der Waals surface area contributed by atoms with Crippen LogP contribution in [0.4, 0.5) is 0 Å². The Morgan fingerprint density at radius 1 is 1.21 bits per heavy atom. The average Bonchev–Trinajstić information content (AvgIpc) is 2.27. The highest BCUT2D eigenvalue weighted by molar-refractivity contribution is 6.03. The van der Waals surface area contributed by atoms with Gasteiger partial charge in [0, 0.05) is 12.8 Å². The van der Waals surface area contributed by atoms with Crippen molar-refractivity contribution < 1.29 is 19.5 Å². The molecule has 106 valence electrons. The Morgan fingerprint density at radius 3 is 2.26 bits per heavy atom. The number of hydrogen-bond acceptors (Lipinski definition) is 3. The molecule has 1 saturated heterocycles. The number of piperidine rings is 1. The molecule has 0 aromatic heterocycles. The molecule has 0 radical (unpaired) electrons. The molecule has 2 aliphatic rings. The van der Waals surface area contributed by atoms with Crippen LogP contribution in [0.1, 0.15) is 52.4 Å². The summed E-state index contributed by atoms with van der Waals surface area (Å²) < 4.78 is 0. The van der Waals surface area contributed by atoms with E-state index in [1.807, 2.05) is 13.8 Å². The minimum Gasteiger partial charge on any atom is -0.479 e. The lowest BCUT2D eigenvalue weighted by Crippen LogP contribution is -2.63. The molecule has 19 heavy (non-hydrogen) atoms. The van der Waals surface area contributed by atoms with E-state index in [-0.39, 0.29) is 36.5 Å². The SMILES string of the molecule is CC1CC(=O)N(C2(C(=O)O)CCCC(C)C2)C(=O)C1. The Kier molecular flexibility index (Phi) is 3.65. The van der Waals surface area contributed by atoms with Crippen LogP contribution < -0.4 is 0 Å². The molecular formula is C14H21NO4. The number of likely N-dealkylation sites (tertiary alicyclic amines) is 1. The lowest BCUT2D eigenvalue weighted by molar-refractivity contribution is -0.173. The topological polar surface area (TPSA) is 74.7 Å². The van der Waals surface area contributed by atoms with Crippen molar-refractivity contribution in [1.29, 1.82) is 0 Å². The number of carboxylic acids is 1. The number of aliphatic carboxylic acids is 1. The zero-order chi connectivity index (χ0) is 14.2. The van der Waals surface area contributed by atoms with Crippen LogP contribution in [-0.4, -0.2) is 33.3 Å². The van der Waals surface area contributed by atoms with Gasteiger partial charge in [0.05, 0.1) is 0 Å². The molecule has 1 aliphatic heterocycles. The van der Waals surface area contributed by atoms with E-state index in [9.17, 15) is 19.5 Å². The van der Waals surface area contributed by atoms with Crippen molar-refractivity contribution in [3.63, 3.8) is 0 Å². The second-order valence-electron chi connectivity index (χ2n) is 6.17. The van der Waals surface area contributed by atoms with Crippen LogP contribution >= 0.6 is 0 Å². The van der Waals surface area contributed by atoms with Crippen molar-refractivity contribution in [1.82, 2.24) is 4.90 Å². The molecule has 5 nitrogen and oxygen atoms in total. The summed E-state index contributed by atoms with van der Waals surface area (Å²) in [6, 6.07) is 0. The summed E-state index contributed by atoms with van der Waals surface area (Å²) in [5.74, 6) is -1.43. The van der Waals surface area contributed by atoms with E-state index in [0.29, 0.717) is 12.8 Å². The van der Waals surface area contributed by atoms with Crippen LogP contribution in [0.3, 0.4) is 0 Å². The Balaban J connectivity index is 2.36. The number of carboxylic acid groups (broad SMARTS) is 1. The lowest BCUT2D eigenvalue weighted by Gasteiger charge is -2.45. The third kappa shape index (κ3) is 2.38. The Labute approximate surface area is 113 Å². The van der Waals surface area contributed by atoms with Crippen molar-refractivity contribution in [2.75, 3.05) is 0 Å². The number of carbonyl (C=O) groups is 3. The zero-order valence-corrected chi connectivity index (χ0v) is 11.5. The Morgan fingerprint density at radius 2 is 1.79 bits per heavy atom. The number of imide groups is 1. The summed E-state index contributed by atoms with van der Waals surface area (Å²) in [4.78, 5) is 37.2. The summed E-state index contributed by atoms with van der Waals surface area (Å²) in [6.45, 7) is 3.84. The first-order chi connectivity index (χ1) is 8.86. The molecule has 1 saturated carbocycles. The first-order valence-corrected chi connectivity index (χ1v) is 6.96. The van der Waals surface area contributed by atoms with Crippen LogP contribution in [-0.2, 0) is 14.4 Å². The monoisotopic (exact) mass is 267 g/mol. The summed E-state index contributed by atoms with van der Waals surface area (Å²) in [5, 5.41) is 9.61. The Hall–Kier alpha value is -1.39. The molecule has 1 aliphatic carbocycles. The maximum Gasteiger partial charge on any atom is 0.330 e. The molecule has 2 rings (SSSR count).